The Morgan fingerprint density at radius 2 is 2.18 bits per heavy atom. The van der Waals surface area contributed by atoms with Crippen molar-refractivity contribution in [3.05, 3.63) is 29.3 Å². The first-order valence-electron chi connectivity index (χ1n) is 5.58. The van der Waals surface area contributed by atoms with Crippen LogP contribution < -0.4 is 10.5 Å². The number of hydrogen-bond donors (Lipinski definition) is 1. The Kier molecular flexibility index (Phi) is 4.52. The average molecular weight is 236 g/mol. The van der Waals surface area contributed by atoms with E-state index in [1.165, 1.54) is 5.56 Å². The van der Waals surface area contributed by atoms with E-state index in [1.807, 2.05) is 31.0 Å². The molecule has 1 rings (SSSR count). The molecule has 1 atom stereocenters. The van der Waals surface area contributed by atoms with Gasteiger partial charge in [0.05, 0.1) is 13.2 Å². The van der Waals surface area contributed by atoms with Crippen LogP contribution in [0.4, 0.5) is 0 Å². The molecule has 0 fully saturated rings. The van der Waals surface area contributed by atoms with Gasteiger partial charge in [-0.3, -0.25) is 9.69 Å². The van der Waals surface area contributed by atoms with Gasteiger partial charge in [0, 0.05) is 12.1 Å². The summed E-state index contributed by atoms with van der Waals surface area (Å²) in [5.74, 6) is 0.512. The summed E-state index contributed by atoms with van der Waals surface area (Å²) >= 11 is 0. The number of benzene rings is 1. The lowest BCUT2D eigenvalue weighted by atomic mass is 10.1. The first kappa shape index (κ1) is 13.5. The molecule has 94 valence electrons. The number of amides is 1. The number of aryl methyl sites for hydroxylation is 1. The standard InChI is InChI=1S/C13H20N2O2/c1-9-5-6-12(17-4)11(7-9)8-15(3)10(2)13(14)16/h5-7,10H,8H2,1-4H3,(H2,14,16). The highest BCUT2D eigenvalue weighted by molar-refractivity contribution is 5.79. The minimum absolute atomic E-state index is 0.291. The van der Waals surface area contributed by atoms with Crippen molar-refractivity contribution in [2.75, 3.05) is 14.2 Å². The zero-order valence-electron chi connectivity index (χ0n) is 10.9. The Bertz CT molecular complexity index is 404. The lowest BCUT2D eigenvalue weighted by molar-refractivity contribution is -0.122. The minimum Gasteiger partial charge on any atom is -0.496 e. The van der Waals surface area contributed by atoms with Crippen molar-refractivity contribution in [3.8, 4) is 5.75 Å². The number of nitrogens with two attached hydrogens (primary N) is 1. The fraction of sp³-hybridized carbons (Fsp3) is 0.462. The summed E-state index contributed by atoms with van der Waals surface area (Å²) in [6.07, 6.45) is 0. The number of carbonyl (C=O) groups is 1. The van der Waals surface area contributed by atoms with Gasteiger partial charge in [0.25, 0.3) is 0 Å². The Morgan fingerprint density at radius 3 is 2.71 bits per heavy atom. The molecule has 0 aromatic heterocycles. The highest BCUT2D eigenvalue weighted by Gasteiger charge is 2.16. The Labute approximate surface area is 102 Å². The topological polar surface area (TPSA) is 55.6 Å². The molecule has 0 aliphatic carbocycles. The second kappa shape index (κ2) is 5.68. The largest absolute Gasteiger partial charge is 0.496 e. The monoisotopic (exact) mass is 236 g/mol. The first-order chi connectivity index (χ1) is 7.95. The highest BCUT2D eigenvalue weighted by atomic mass is 16.5. The minimum atomic E-state index is -0.320. The lowest BCUT2D eigenvalue weighted by Crippen LogP contribution is -2.39. The van der Waals surface area contributed by atoms with Crippen LogP contribution in [0.2, 0.25) is 0 Å². The molecule has 0 saturated carbocycles. The van der Waals surface area contributed by atoms with Gasteiger partial charge in [0.1, 0.15) is 5.75 Å². The van der Waals surface area contributed by atoms with Crippen LogP contribution in [0.5, 0.6) is 5.75 Å². The number of ether oxygens (including phenoxy) is 1. The molecule has 0 aliphatic heterocycles. The maximum absolute atomic E-state index is 11.1. The summed E-state index contributed by atoms with van der Waals surface area (Å²) in [5, 5.41) is 0. The van der Waals surface area contributed by atoms with E-state index in [2.05, 4.69) is 6.07 Å². The molecule has 4 heteroatoms. The van der Waals surface area contributed by atoms with E-state index >= 15 is 0 Å². The van der Waals surface area contributed by atoms with Crippen LogP contribution in [0.25, 0.3) is 0 Å². The summed E-state index contributed by atoms with van der Waals surface area (Å²) in [5.41, 5.74) is 7.51. The van der Waals surface area contributed by atoms with E-state index in [0.717, 1.165) is 11.3 Å². The summed E-state index contributed by atoms with van der Waals surface area (Å²) in [7, 11) is 3.52. The van der Waals surface area contributed by atoms with Crippen molar-refractivity contribution < 1.29 is 9.53 Å². The van der Waals surface area contributed by atoms with Gasteiger partial charge in [0.2, 0.25) is 5.91 Å². The van der Waals surface area contributed by atoms with Crippen molar-refractivity contribution in [3.63, 3.8) is 0 Å². The average Bonchev–Trinajstić information content (AvgIpc) is 2.28. The van der Waals surface area contributed by atoms with Crippen LogP contribution >= 0.6 is 0 Å². The van der Waals surface area contributed by atoms with Crippen LogP contribution in [0, 0.1) is 6.92 Å². The SMILES string of the molecule is COc1ccc(C)cc1CN(C)C(C)C(N)=O. The second-order valence-corrected chi connectivity index (χ2v) is 4.31. The molecule has 0 saturated heterocycles. The number of carbonyl (C=O) groups excluding carboxylic acids is 1. The molecule has 0 spiro atoms. The number of methoxy groups -OCH3 is 1. The van der Waals surface area contributed by atoms with Gasteiger partial charge in [-0.2, -0.15) is 0 Å². The molecule has 0 aliphatic rings. The van der Waals surface area contributed by atoms with Crippen molar-refractivity contribution in [1.29, 1.82) is 0 Å². The van der Waals surface area contributed by atoms with Crippen LogP contribution in [0.3, 0.4) is 0 Å². The third-order valence-electron chi connectivity index (χ3n) is 2.93. The molecule has 2 N–H and O–H groups in total. The Balaban J connectivity index is 2.86. The molecule has 4 nitrogen and oxygen atoms in total. The summed E-state index contributed by atoms with van der Waals surface area (Å²) in [6, 6.07) is 5.70. The maximum Gasteiger partial charge on any atom is 0.234 e. The smallest absolute Gasteiger partial charge is 0.234 e. The molecule has 0 radical (unpaired) electrons. The van der Waals surface area contributed by atoms with Crippen molar-refractivity contribution in [2.24, 2.45) is 5.73 Å². The highest BCUT2D eigenvalue weighted by Crippen LogP contribution is 2.21. The van der Waals surface area contributed by atoms with E-state index < -0.39 is 0 Å². The van der Waals surface area contributed by atoms with E-state index in [1.54, 1.807) is 14.0 Å². The molecule has 17 heavy (non-hydrogen) atoms. The second-order valence-electron chi connectivity index (χ2n) is 4.31. The molecule has 1 amide bonds. The van der Waals surface area contributed by atoms with Gasteiger partial charge in [-0.05, 0) is 27.0 Å². The van der Waals surface area contributed by atoms with Gasteiger partial charge in [-0.15, -0.1) is 0 Å². The predicted molar refractivity (Wildman–Crippen MR) is 67.9 cm³/mol. The maximum atomic E-state index is 11.1. The first-order valence-corrected chi connectivity index (χ1v) is 5.58. The Morgan fingerprint density at radius 1 is 1.53 bits per heavy atom. The van der Waals surface area contributed by atoms with E-state index in [9.17, 15) is 4.79 Å². The third kappa shape index (κ3) is 3.46. The fourth-order valence-corrected chi connectivity index (χ4v) is 1.65. The van der Waals surface area contributed by atoms with E-state index in [0.29, 0.717) is 6.54 Å². The Hall–Kier alpha value is -1.55. The lowest BCUT2D eigenvalue weighted by Gasteiger charge is -2.23. The van der Waals surface area contributed by atoms with Gasteiger partial charge in [-0.1, -0.05) is 17.7 Å². The summed E-state index contributed by atoms with van der Waals surface area (Å²) in [6.45, 7) is 4.46. The number of rotatable bonds is 5. The van der Waals surface area contributed by atoms with Crippen LogP contribution in [-0.2, 0) is 11.3 Å². The van der Waals surface area contributed by atoms with E-state index in [4.69, 9.17) is 10.5 Å². The van der Waals surface area contributed by atoms with Crippen molar-refractivity contribution in [1.82, 2.24) is 4.90 Å². The molecule has 1 aromatic carbocycles. The number of primary amides is 1. The van der Waals surface area contributed by atoms with Gasteiger partial charge in [0.15, 0.2) is 0 Å². The van der Waals surface area contributed by atoms with Crippen LogP contribution in [0.15, 0.2) is 18.2 Å². The van der Waals surface area contributed by atoms with Gasteiger partial charge in [-0.25, -0.2) is 0 Å². The van der Waals surface area contributed by atoms with Gasteiger partial charge < -0.3 is 10.5 Å². The third-order valence-corrected chi connectivity index (χ3v) is 2.93. The summed E-state index contributed by atoms with van der Waals surface area (Å²) < 4.78 is 5.30. The molecule has 0 bridgehead atoms. The van der Waals surface area contributed by atoms with Gasteiger partial charge >= 0.3 is 0 Å². The summed E-state index contributed by atoms with van der Waals surface area (Å²) in [4.78, 5) is 13.0. The van der Waals surface area contributed by atoms with Crippen molar-refractivity contribution in [2.45, 2.75) is 26.4 Å². The molecular weight excluding hydrogens is 216 g/mol. The van der Waals surface area contributed by atoms with Crippen LogP contribution in [-0.4, -0.2) is 31.0 Å². The zero-order chi connectivity index (χ0) is 13.0. The van der Waals surface area contributed by atoms with Crippen LogP contribution in [0.1, 0.15) is 18.1 Å². The molecule has 0 heterocycles. The van der Waals surface area contributed by atoms with E-state index in [-0.39, 0.29) is 11.9 Å². The zero-order valence-corrected chi connectivity index (χ0v) is 10.9. The molecule has 1 aromatic rings. The number of hydrogen-bond acceptors (Lipinski definition) is 3. The molecule has 1 unspecified atom stereocenters. The fourth-order valence-electron chi connectivity index (χ4n) is 1.65. The number of nitrogens with zero attached hydrogens (tertiary/aromatic N) is 1. The number of likely N-dealkylation sites (N-methyl/N-ethyl adjacent to an activating group) is 1. The predicted octanol–water partition coefficient (Wildman–Crippen LogP) is 1.31. The van der Waals surface area contributed by atoms with Crippen molar-refractivity contribution >= 4 is 5.91 Å². The quantitative estimate of drug-likeness (QED) is 0.838. The molecular formula is C13H20N2O2. The normalized spacial score (nSPS) is 12.5.